The third-order valence-electron chi connectivity index (χ3n) is 3.24. The highest BCUT2D eigenvalue weighted by Gasteiger charge is 2.20. The summed E-state index contributed by atoms with van der Waals surface area (Å²) in [5.41, 5.74) is 4.20. The van der Waals surface area contributed by atoms with Crippen molar-refractivity contribution in [1.29, 1.82) is 0 Å². The van der Waals surface area contributed by atoms with Gasteiger partial charge in [-0.15, -0.1) is 0 Å². The van der Waals surface area contributed by atoms with Gasteiger partial charge in [-0.1, -0.05) is 49.3 Å². The molecule has 0 heteroatoms. The van der Waals surface area contributed by atoms with Gasteiger partial charge in [-0.2, -0.15) is 0 Å². The standard InChI is InChI=1S/C15H26/c1-8-10-13(6)15(12(5)9-2)14(7)11(3)4/h9-10,14-15H,3,8H2,1-2,4-7H3. The molecule has 0 rings (SSSR count). The van der Waals surface area contributed by atoms with Crippen molar-refractivity contribution >= 4 is 0 Å². The number of allylic oxidation sites excluding steroid dienone is 5. The zero-order chi connectivity index (χ0) is 12.0. The molecule has 0 nitrogen and oxygen atoms in total. The highest BCUT2D eigenvalue weighted by atomic mass is 14.2. The Morgan fingerprint density at radius 2 is 1.73 bits per heavy atom. The normalized spacial score (nSPS) is 17.5. The lowest BCUT2D eigenvalue weighted by Crippen LogP contribution is -2.15. The van der Waals surface area contributed by atoms with Gasteiger partial charge in [0.1, 0.15) is 0 Å². The molecule has 0 spiro atoms. The van der Waals surface area contributed by atoms with E-state index in [0.717, 1.165) is 6.42 Å². The molecule has 0 heterocycles. The van der Waals surface area contributed by atoms with Gasteiger partial charge in [-0.25, -0.2) is 0 Å². The highest BCUT2D eigenvalue weighted by molar-refractivity contribution is 5.23. The Balaban J connectivity index is 5.06. The lowest BCUT2D eigenvalue weighted by atomic mass is 9.79. The van der Waals surface area contributed by atoms with Gasteiger partial charge in [0, 0.05) is 5.92 Å². The Labute approximate surface area is 95.8 Å². The van der Waals surface area contributed by atoms with E-state index < -0.39 is 0 Å². The summed E-state index contributed by atoms with van der Waals surface area (Å²) in [6, 6.07) is 0. The fourth-order valence-electron chi connectivity index (χ4n) is 2.06. The first-order valence-corrected chi connectivity index (χ1v) is 5.90. The van der Waals surface area contributed by atoms with E-state index >= 15 is 0 Å². The predicted molar refractivity (Wildman–Crippen MR) is 70.9 cm³/mol. The van der Waals surface area contributed by atoms with Crippen molar-refractivity contribution in [3.8, 4) is 0 Å². The van der Waals surface area contributed by atoms with E-state index in [4.69, 9.17) is 0 Å². The zero-order valence-electron chi connectivity index (χ0n) is 11.2. The molecule has 0 saturated heterocycles. The van der Waals surface area contributed by atoms with E-state index in [0.29, 0.717) is 11.8 Å². The molecule has 0 radical (unpaired) electrons. The van der Waals surface area contributed by atoms with Gasteiger partial charge in [-0.05, 0) is 40.0 Å². The second-order valence-corrected chi connectivity index (χ2v) is 4.50. The van der Waals surface area contributed by atoms with Crippen molar-refractivity contribution in [3.05, 3.63) is 35.5 Å². The third-order valence-corrected chi connectivity index (χ3v) is 3.24. The van der Waals surface area contributed by atoms with Crippen LogP contribution in [0.25, 0.3) is 0 Å². The Morgan fingerprint density at radius 1 is 1.20 bits per heavy atom. The predicted octanol–water partition coefficient (Wildman–Crippen LogP) is 5.14. The summed E-state index contributed by atoms with van der Waals surface area (Å²) in [5.74, 6) is 1.07. The molecule has 0 amide bonds. The molecular formula is C15H26. The number of rotatable bonds is 5. The third kappa shape index (κ3) is 4.07. The van der Waals surface area contributed by atoms with Crippen LogP contribution in [0.2, 0.25) is 0 Å². The monoisotopic (exact) mass is 206 g/mol. The SMILES string of the molecule is C=C(C)C(C)C(C(C)=CC)C(C)=CCC. The molecule has 0 fully saturated rings. The molecule has 0 aromatic rings. The highest BCUT2D eigenvalue weighted by Crippen LogP contribution is 2.32. The second kappa shape index (κ2) is 6.66. The quantitative estimate of drug-likeness (QED) is 0.546. The van der Waals surface area contributed by atoms with Gasteiger partial charge in [0.15, 0.2) is 0 Å². The summed E-state index contributed by atoms with van der Waals surface area (Å²) in [7, 11) is 0. The van der Waals surface area contributed by atoms with Crippen LogP contribution in [-0.4, -0.2) is 0 Å². The minimum Gasteiger partial charge on any atom is -0.0998 e. The van der Waals surface area contributed by atoms with Gasteiger partial charge < -0.3 is 0 Å². The van der Waals surface area contributed by atoms with E-state index in [1.165, 1.54) is 16.7 Å². The average Bonchev–Trinajstić information content (AvgIpc) is 2.17. The van der Waals surface area contributed by atoms with Gasteiger partial charge in [0.2, 0.25) is 0 Å². The molecule has 0 N–H and O–H groups in total. The molecule has 0 saturated carbocycles. The molecular weight excluding hydrogens is 180 g/mol. The average molecular weight is 206 g/mol. The van der Waals surface area contributed by atoms with Crippen molar-refractivity contribution in [2.24, 2.45) is 11.8 Å². The van der Waals surface area contributed by atoms with Gasteiger partial charge in [0.25, 0.3) is 0 Å². The maximum atomic E-state index is 4.08. The topological polar surface area (TPSA) is 0 Å². The molecule has 15 heavy (non-hydrogen) atoms. The van der Waals surface area contributed by atoms with Crippen LogP contribution in [-0.2, 0) is 0 Å². The number of hydrogen-bond acceptors (Lipinski definition) is 0. The molecule has 86 valence electrons. The molecule has 0 aliphatic rings. The first kappa shape index (κ1) is 14.2. The molecule has 0 bridgehead atoms. The first-order chi connectivity index (χ1) is 6.95. The molecule has 2 atom stereocenters. The fourth-order valence-corrected chi connectivity index (χ4v) is 2.06. The smallest absolute Gasteiger partial charge is 0.00639 e. The maximum Gasteiger partial charge on any atom is 0.00639 e. The van der Waals surface area contributed by atoms with Crippen molar-refractivity contribution in [3.63, 3.8) is 0 Å². The molecule has 0 aliphatic heterocycles. The van der Waals surface area contributed by atoms with Crippen LogP contribution in [0.3, 0.4) is 0 Å². The summed E-state index contributed by atoms with van der Waals surface area (Å²) < 4.78 is 0. The van der Waals surface area contributed by atoms with Crippen LogP contribution in [0.15, 0.2) is 35.5 Å². The fraction of sp³-hybridized carbons (Fsp3) is 0.600. The Bertz CT molecular complexity index is 266. The van der Waals surface area contributed by atoms with Crippen molar-refractivity contribution < 1.29 is 0 Å². The van der Waals surface area contributed by atoms with Gasteiger partial charge in [-0.3, -0.25) is 0 Å². The van der Waals surface area contributed by atoms with Crippen molar-refractivity contribution in [1.82, 2.24) is 0 Å². The van der Waals surface area contributed by atoms with E-state index in [1.54, 1.807) is 0 Å². The van der Waals surface area contributed by atoms with Crippen molar-refractivity contribution in [2.75, 3.05) is 0 Å². The van der Waals surface area contributed by atoms with E-state index in [-0.39, 0.29) is 0 Å². The van der Waals surface area contributed by atoms with E-state index in [1.807, 2.05) is 0 Å². The van der Waals surface area contributed by atoms with Crippen LogP contribution < -0.4 is 0 Å². The molecule has 0 aliphatic carbocycles. The van der Waals surface area contributed by atoms with Crippen LogP contribution in [0, 0.1) is 11.8 Å². The van der Waals surface area contributed by atoms with Crippen LogP contribution in [0.1, 0.15) is 48.0 Å². The minimum absolute atomic E-state index is 0.531. The summed E-state index contributed by atoms with van der Waals surface area (Å²) in [5, 5.41) is 0. The van der Waals surface area contributed by atoms with Crippen LogP contribution >= 0.6 is 0 Å². The minimum atomic E-state index is 0.531. The lowest BCUT2D eigenvalue weighted by molar-refractivity contribution is 0.526. The molecule has 0 aromatic carbocycles. The first-order valence-electron chi connectivity index (χ1n) is 5.90. The summed E-state index contributed by atoms with van der Waals surface area (Å²) in [4.78, 5) is 0. The maximum absolute atomic E-state index is 4.08. The summed E-state index contributed by atoms with van der Waals surface area (Å²) in [6.07, 6.45) is 5.66. The Kier molecular flexibility index (Phi) is 6.31. The summed E-state index contributed by atoms with van der Waals surface area (Å²) in [6.45, 7) is 17.2. The Hall–Kier alpha value is -0.780. The second-order valence-electron chi connectivity index (χ2n) is 4.50. The molecule has 2 unspecified atom stereocenters. The van der Waals surface area contributed by atoms with Crippen LogP contribution in [0.4, 0.5) is 0 Å². The van der Waals surface area contributed by atoms with Gasteiger partial charge >= 0.3 is 0 Å². The van der Waals surface area contributed by atoms with Crippen LogP contribution in [0.5, 0.6) is 0 Å². The Morgan fingerprint density at radius 3 is 2.07 bits per heavy atom. The van der Waals surface area contributed by atoms with E-state index in [9.17, 15) is 0 Å². The number of hydrogen-bond donors (Lipinski definition) is 0. The van der Waals surface area contributed by atoms with E-state index in [2.05, 4.69) is 60.3 Å². The molecule has 0 aromatic heterocycles. The zero-order valence-corrected chi connectivity index (χ0v) is 11.2. The largest absolute Gasteiger partial charge is 0.0998 e. The lowest BCUT2D eigenvalue weighted by Gasteiger charge is -2.26. The summed E-state index contributed by atoms with van der Waals surface area (Å²) >= 11 is 0. The van der Waals surface area contributed by atoms with Gasteiger partial charge in [0.05, 0.1) is 0 Å². The van der Waals surface area contributed by atoms with Crippen molar-refractivity contribution in [2.45, 2.75) is 48.0 Å².